The molecule has 1 fully saturated rings. The third-order valence-electron chi connectivity index (χ3n) is 5.81. The number of likely N-dealkylation sites (tertiary alicyclic amines) is 1. The van der Waals surface area contributed by atoms with E-state index >= 15 is 0 Å². The molecule has 3 aromatic rings. The fourth-order valence-electron chi connectivity index (χ4n) is 3.91. The van der Waals surface area contributed by atoms with Crippen LogP contribution in [0.15, 0.2) is 59.1 Å². The minimum atomic E-state index is -0.218. The Hall–Kier alpha value is -3.88. The monoisotopic (exact) mass is 463 g/mol. The van der Waals surface area contributed by atoms with E-state index in [4.69, 9.17) is 9.26 Å². The quantitative estimate of drug-likeness (QED) is 0.525. The fraction of sp³-hybridized carbons (Fsp3) is 0.360. The summed E-state index contributed by atoms with van der Waals surface area (Å²) in [4.78, 5) is 31.0. The maximum Gasteiger partial charge on any atom is 0.319 e. The number of hydrogen-bond donors (Lipinski definition) is 2. The predicted octanol–water partition coefficient (Wildman–Crippen LogP) is 3.88. The molecule has 4 rings (SSSR count). The van der Waals surface area contributed by atoms with Gasteiger partial charge in [0, 0.05) is 43.2 Å². The zero-order chi connectivity index (χ0) is 23.8. The third-order valence-corrected chi connectivity index (χ3v) is 5.81. The summed E-state index contributed by atoms with van der Waals surface area (Å²) in [5, 5.41) is 9.84. The Labute approximate surface area is 198 Å². The molecule has 9 nitrogen and oxygen atoms in total. The number of piperidine rings is 1. The normalized spacial score (nSPS) is 14.0. The highest BCUT2D eigenvalue weighted by Gasteiger charge is 2.23. The van der Waals surface area contributed by atoms with Gasteiger partial charge in [-0.25, -0.2) is 4.79 Å². The number of aromatic nitrogens is 2. The number of amides is 3. The average Bonchev–Trinajstić information content (AvgIpc) is 3.34. The highest BCUT2D eigenvalue weighted by Crippen LogP contribution is 2.20. The number of methoxy groups -OCH3 is 1. The van der Waals surface area contributed by atoms with Crippen LogP contribution >= 0.6 is 0 Å². The minimum Gasteiger partial charge on any atom is -0.497 e. The molecule has 3 amide bonds. The second-order valence-corrected chi connectivity index (χ2v) is 8.21. The number of benzene rings is 2. The lowest BCUT2D eigenvalue weighted by molar-refractivity contribution is -0.132. The molecule has 178 valence electrons. The van der Waals surface area contributed by atoms with Gasteiger partial charge in [-0.15, -0.1) is 0 Å². The van der Waals surface area contributed by atoms with Crippen molar-refractivity contribution in [2.75, 3.05) is 25.5 Å². The Balaban J connectivity index is 1.15. The topological polar surface area (TPSA) is 110 Å². The minimum absolute atomic E-state index is 0.0579. The van der Waals surface area contributed by atoms with Crippen LogP contribution in [0, 0.1) is 0 Å². The molecule has 0 aliphatic carbocycles. The van der Waals surface area contributed by atoms with Gasteiger partial charge in [-0.2, -0.15) is 4.98 Å². The van der Waals surface area contributed by atoms with Crippen LogP contribution in [-0.2, 0) is 11.2 Å². The molecule has 0 spiro atoms. The Kier molecular flexibility index (Phi) is 7.75. The summed E-state index contributed by atoms with van der Waals surface area (Å²) >= 11 is 0. The van der Waals surface area contributed by atoms with Gasteiger partial charge in [0.05, 0.1) is 7.11 Å². The molecule has 2 aromatic carbocycles. The molecule has 0 bridgehead atoms. The molecule has 0 saturated carbocycles. The van der Waals surface area contributed by atoms with Crippen molar-refractivity contribution < 1.29 is 18.8 Å². The second kappa shape index (κ2) is 11.3. The maximum atomic E-state index is 12.6. The maximum absolute atomic E-state index is 12.6. The van der Waals surface area contributed by atoms with E-state index in [-0.39, 0.29) is 18.0 Å². The molecule has 1 aliphatic heterocycles. The molecule has 9 heteroatoms. The average molecular weight is 464 g/mol. The lowest BCUT2D eigenvalue weighted by Gasteiger charge is -2.32. The zero-order valence-corrected chi connectivity index (χ0v) is 19.2. The van der Waals surface area contributed by atoms with E-state index in [0.717, 1.165) is 29.8 Å². The summed E-state index contributed by atoms with van der Waals surface area (Å²) in [5.41, 5.74) is 1.60. The molecular formula is C25H29N5O4. The number of rotatable bonds is 8. The van der Waals surface area contributed by atoms with Gasteiger partial charge in [0.2, 0.25) is 17.6 Å². The first kappa shape index (κ1) is 23.3. The van der Waals surface area contributed by atoms with Gasteiger partial charge in [-0.3, -0.25) is 4.79 Å². The number of anilines is 1. The SMILES string of the molecule is COc1ccc(-c2noc(CCCC(=O)N3CCC(NC(=O)Nc4ccccc4)CC3)n2)cc1. The summed E-state index contributed by atoms with van der Waals surface area (Å²) in [6.45, 7) is 1.27. The van der Waals surface area contributed by atoms with Crippen LogP contribution in [0.2, 0.25) is 0 Å². The van der Waals surface area contributed by atoms with E-state index in [0.29, 0.717) is 44.1 Å². The molecule has 34 heavy (non-hydrogen) atoms. The van der Waals surface area contributed by atoms with Crippen LogP contribution in [0.1, 0.15) is 31.6 Å². The molecule has 1 aromatic heterocycles. The van der Waals surface area contributed by atoms with Crippen LogP contribution < -0.4 is 15.4 Å². The Morgan fingerprint density at radius 1 is 1.09 bits per heavy atom. The van der Waals surface area contributed by atoms with E-state index in [9.17, 15) is 9.59 Å². The van der Waals surface area contributed by atoms with Gasteiger partial charge in [-0.1, -0.05) is 23.4 Å². The van der Waals surface area contributed by atoms with Crippen LogP contribution in [0.4, 0.5) is 10.5 Å². The molecule has 0 atom stereocenters. The van der Waals surface area contributed by atoms with E-state index in [1.54, 1.807) is 7.11 Å². The highest BCUT2D eigenvalue weighted by atomic mass is 16.5. The van der Waals surface area contributed by atoms with Crippen molar-refractivity contribution in [2.24, 2.45) is 0 Å². The Bertz CT molecular complexity index is 1080. The summed E-state index contributed by atoms with van der Waals surface area (Å²) in [6, 6.07) is 16.6. The number of para-hydroxylation sites is 1. The van der Waals surface area contributed by atoms with Crippen LogP contribution in [0.25, 0.3) is 11.4 Å². The largest absolute Gasteiger partial charge is 0.497 e. The smallest absolute Gasteiger partial charge is 0.319 e. The summed E-state index contributed by atoms with van der Waals surface area (Å²) in [6.07, 6.45) is 3.09. The van der Waals surface area contributed by atoms with Crippen LogP contribution in [0.3, 0.4) is 0 Å². The summed E-state index contributed by atoms with van der Waals surface area (Å²) in [7, 11) is 1.62. The van der Waals surface area contributed by atoms with E-state index < -0.39 is 0 Å². The third kappa shape index (κ3) is 6.34. The zero-order valence-electron chi connectivity index (χ0n) is 19.2. The summed E-state index contributed by atoms with van der Waals surface area (Å²) in [5.74, 6) is 1.92. The van der Waals surface area contributed by atoms with Crippen molar-refractivity contribution in [3.63, 3.8) is 0 Å². The van der Waals surface area contributed by atoms with Crippen molar-refractivity contribution >= 4 is 17.6 Å². The molecule has 0 unspecified atom stereocenters. The van der Waals surface area contributed by atoms with Gasteiger partial charge in [-0.05, 0) is 55.7 Å². The number of urea groups is 1. The molecule has 1 saturated heterocycles. The molecule has 0 radical (unpaired) electrons. The first-order valence-electron chi connectivity index (χ1n) is 11.5. The van der Waals surface area contributed by atoms with E-state index in [1.807, 2.05) is 59.5 Å². The van der Waals surface area contributed by atoms with Crippen molar-refractivity contribution in [1.29, 1.82) is 0 Å². The lowest BCUT2D eigenvalue weighted by Crippen LogP contribution is -2.47. The van der Waals surface area contributed by atoms with Gasteiger partial charge >= 0.3 is 6.03 Å². The number of carbonyl (C=O) groups is 2. The number of nitrogens with zero attached hydrogens (tertiary/aromatic N) is 3. The number of aryl methyl sites for hydroxylation is 1. The lowest BCUT2D eigenvalue weighted by atomic mass is 10.0. The van der Waals surface area contributed by atoms with E-state index in [2.05, 4.69) is 20.8 Å². The van der Waals surface area contributed by atoms with Gasteiger partial charge < -0.3 is 24.8 Å². The number of ether oxygens (including phenoxy) is 1. The van der Waals surface area contributed by atoms with E-state index in [1.165, 1.54) is 0 Å². The van der Waals surface area contributed by atoms with Gasteiger partial charge in [0.1, 0.15) is 5.75 Å². The second-order valence-electron chi connectivity index (χ2n) is 8.21. The molecular weight excluding hydrogens is 434 g/mol. The van der Waals surface area contributed by atoms with Gasteiger partial charge in [0.15, 0.2) is 0 Å². The molecule has 2 N–H and O–H groups in total. The Morgan fingerprint density at radius 2 is 1.82 bits per heavy atom. The molecule has 1 aliphatic rings. The fourth-order valence-corrected chi connectivity index (χ4v) is 3.91. The van der Waals surface area contributed by atoms with Crippen molar-refractivity contribution in [2.45, 2.75) is 38.1 Å². The van der Waals surface area contributed by atoms with Crippen molar-refractivity contribution in [3.8, 4) is 17.1 Å². The van der Waals surface area contributed by atoms with Crippen molar-refractivity contribution in [1.82, 2.24) is 20.4 Å². The molecule has 2 heterocycles. The van der Waals surface area contributed by atoms with Crippen molar-refractivity contribution in [3.05, 3.63) is 60.5 Å². The number of nitrogens with one attached hydrogen (secondary N) is 2. The number of hydrogen-bond acceptors (Lipinski definition) is 6. The number of carbonyl (C=O) groups excluding carboxylic acids is 2. The Morgan fingerprint density at radius 3 is 2.53 bits per heavy atom. The highest BCUT2D eigenvalue weighted by molar-refractivity contribution is 5.89. The van der Waals surface area contributed by atoms with Gasteiger partial charge in [0.25, 0.3) is 0 Å². The standard InChI is InChI=1S/C25H29N5O4/c1-33-21-12-10-18(11-13-21)24-28-22(34-29-24)8-5-9-23(31)30-16-14-20(15-17-30)27-25(32)26-19-6-3-2-4-7-19/h2-4,6-7,10-13,20H,5,8-9,14-17H2,1H3,(H2,26,27,32). The first-order valence-corrected chi connectivity index (χ1v) is 11.5. The predicted molar refractivity (Wildman–Crippen MR) is 127 cm³/mol. The van der Waals surface area contributed by atoms with Crippen LogP contribution in [0.5, 0.6) is 5.75 Å². The summed E-state index contributed by atoms with van der Waals surface area (Å²) < 4.78 is 10.5. The first-order chi connectivity index (χ1) is 16.6. The van der Waals surface area contributed by atoms with Crippen LogP contribution in [-0.4, -0.2) is 53.2 Å².